The van der Waals surface area contributed by atoms with Crippen LogP contribution < -0.4 is 0 Å². The van der Waals surface area contributed by atoms with Gasteiger partial charge in [0.1, 0.15) is 0 Å². The van der Waals surface area contributed by atoms with Crippen LogP contribution in [0.1, 0.15) is 51.4 Å². The summed E-state index contributed by atoms with van der Waals surface area (Å²) in [6.45, 7) is 1.54. The van der Waals surface area contributed by atoms with Gasteiger partial charge in [-0.1, -0.05) is 31.0 Å². The number of piperidine rings is 1. The van der Waals surface area contributed by atoms with Gasteiger partial charge in [-0.2, -0.15) is 0 Å². The van der Waals surface area contributed by atoms with Crippen molar-refractivity contribution >= 4 is 23.6 Å². The molecule has 0 radical (unpaired) electrons. The van der Waals surface area contributed by atoms with E-state index in [0.29, 0.717) is 12.3 Å². The Morgan fingerprint density at radius 3 is 2.56 bits per heavy atom. The molecule has 2 fully saturated rings. The average Bonchev–Trinajstić information content (AvgIpc) is 3.10. The molecule has 0 aromatic heterocycles. The largest absolute Gasteiger partial charge is 0.481 e. The van der Waals surface area contributed by atoms with Crippen molar-refractivity contribution in [3.05, 3.63) is 30.3 Å². The second-order valence-electron chi connectivity index (χ2n) is 7.31. The number of nitrogens with zero attached hydrogens (tertiary/aromatic N) is 1. The summed E-state index contributed by atoms with van der Waals surface area (Å²) in [5.41, 5.74) is 0. The summed E-state index contributed by atoms with van der Waals surface area (Å²) in [4.78, 5) is 27.4. The molecule has 0 spiro atoms. The number of carbonyl (C=O) groups is 2. The zero-order chi connectivity index (χ0) is 17.7. The third kappa shape index (κ3) is 4.57. The number of rotatable bonds is 6. The molecule has 0 bridgehead atoms. The molecular formula is C20H27NO3S. The molecular weight excluding hydrogens is 334 g/mol. The maximum absolute atomic E-state index is 13.4. The molecule has 1 saturated carbocycles. The van der Waals surface area contributed by atoms with Crippen molar-refractivity contribution in [1.29, 1.82) is 0 Å². The van der Waals surface area contributed by atoms with Crippen molar-refractivity contribution in [2.24, 2.45) is 5.92 Å². The minimum absolute atomic E-state index is 0.205. The Bertz CT molecular complexity index is 598. The van der Waals surface area contributed by atoms with E-state index in [-0.39, 0.29) is 17.1 Å². The lowest BCUT2D eigenvalue weighted by atomic mass is 9.92. The predicted octanol–water partition coefficient (Wildman–Crippen LogP) is 4.19. The van der Waals surface area contributed by atoms with E-state index >= 15 is 0 Å². The van der Waals surface area contributed by atoms with Crippen LogP contribution in [-0.4, -0.2) is 39.7 Å². The number of hydrogen-bond acceptors (Lipinski definition) is 3. The summed E-state index contributed by atoms with van der Waals surface area (Å²) in [5, 5.41) is 8.91. The van der Waals surface area contributed by atoms with Gasteiger partial charge in [-0.3, -0.25) is 9.59 Å². The summed E-state index contributed by atoms with van der Waals surface area (Å²) in [6.07, 6.45) is 7.03. The van der Waals surface area contributed by atoms with Gasteiger partial charge in [0.2, 0.25) is 5.91 Å². The smallest absolute Gasteiger partial charge is 0.303 e. The summed E-state index contributed by atoms with van der Waals surface area (Å²) < 4.78 is -0.323. The van der Waals surface area contributed by atoms with Crippen LogP contribution in [-0.2, 0) is 9.59 Å². The van der Waals surface area contributed by atoms with Gasteiger partial charge in [0.15, 0.2) is 0 Å². The van der Waals surface area contributed by atoms with Gasteiger partial charge in [0.05, 0.1) is 4.75 Å². The first-order valence-corrected chi connectivity index (χ1v) is 10.2. The molecule has 1 saturated heterocycles. The molecule has 25 heavy (non-hydrogen) atoms. The van der Waals surface area contributed by atoms with Crippen LogP contribution in [0.25, 0.3) is 0 Å². The van der Waals surface area contributed by atoms with Crippen molar-refractivity contribution in [2.45, 2.75) is 61.0 Å². The summed E-state index contributed by atoms with van der Waals surface area (Å²) >= 11 is 1.73. The van der Waals surface area contributed by atoms with E-state index in [1.54, 1.807) is 11.8 Å². The topological polar surface area (TPSA) is 57.6 Å². The molecule has 1 atom stereocenters. The van der Waals surface area contributed by atoms with Crippen molar-refractivity contribution in [2.75, 3.05) is 13.1 Å². The predicted molar refractivity (Wildman–Crippen MR) is 99.7 cm³/mol. The minimum Gasteiger partial charge on any atom is -0.481 e. The maximum Gasteiger partial charge on any atom is 0.303 e. The first kappa shape index (κ1) is 18.3. The highest BCUT2D eigenvalue weighted by molar-refractivity contribution is 8.01. The number of carboxylic acids is 1. The Morgan fingerprint density at radius 2 is 1.88 bits per heavy atom. The number of carbonyl (C=O) groups excluding carboxylic acids is 1. The lowest BCUT2D eigenvalue weighted by Crippen LogP contribution is -2.49. The SMILES string of the molecule is O=C(O)CCC1CCCN(C(=O)C2(Sc3ccccc3)CCCC2)C1. The lowest BCUT2D eigenvalue weighted by Gasteiger charge is -2.38. The van der Waals surface area contributed by atoms with Gasteiger partial charge in [-0.15, -0.1) is 11.8 Å². The van der Waals surface area contributed by atoms with Gasteiger partial charge in [-0.05, 0) is 50.2 Å². The second kappa shape index (κ2) is 8.26. The minimum atomic E-state index is -0.740. The van der Waals surface area contributed by atoms with Crippen LogP contribution in [0.15, 0.2) is 35.2 Å². The molecule has 1 aliphatic carbocycles. The third-order valence-electron chi connectivity index (χ3n) is 5.43. The van der Waals surface area contributed by atoms with E-state index < -0.39 is 5.97 Å². The van der Waals surface area contributed by atoms with Crippen LogP contribution in [0.3, 0.4) is 0 Å². The second-order valence-corrected chi connectivity index (χ2v) is 8.77. The first-order chi connectivity index (χ1) is 12.1. The number of amides is 1. The Kier molecular flexibility index (Phi) is 6.05. The first-order valence-electron chi connectivity index (χ1n) is 9.34. The zero-order valence-corrected chi connectivity index (χ0v) is 15.5. The number of carboxylic acid groups (broad SMARTS) is 1. The van der Waals surface area contributed by atoms with Crippen LogP contribution in [0.4, 0.5) is 0 Å². The van der Waals surface area contributed by atoms with E-state index in [9.17, 15) is 9.59 Å². The Morgan fingerprint density at radius 1 is 1.16 bits per heavy atom. The number of thioether (sulfide) groups is 1. The van der Waals surface area contributed by atoms with Crippen LogP contribution >= 0.6 is 11.8 Å². The lowest BCUT2D eigenvalue weighted by molar-refractivity contribution is -0.137. The van der Waals surface area contributed by atoms with E-state index in [1.807, 2.05) is 23.1 Å². The van der Waals surface area contributed by atoms with E-state index in [0.717, 1.165) is 56.5 Å². The van der Waals surface area contributed by atoms with Crippen molar-refractivity contribution in [3.63, 3.8) is 0 Å². The van der Waals surface area contributed by atoms with Gasteiger partial charge >= 0.3 is 5.97 Å². The van der Waals surface area contributed by atoms with Crippen molar-refractivity contribution in [3.8, 4) is 0 Å². The van der Waals surface area contributed by atoms with Crippen LogP contribution in [0.5, 0.6) is 0 Å². The fourth-order valence-electron chi connectivity index (χ4n) is 4.12. The number of hydrogen-bond donors (Lipinski definition) is 1. The molecule has 1 aromatic rings. The molecule has 1 aliphatic heterocycles. The fraction of sp³-hybridized carbons (Fsp3) is 0.600. The van der Waals surface area contributed by atoms with Crippen LogP contribution in [0, 0.1) is 5.92 Å². The standard InChI is InChI=1S/C20H27NO3S/c22-18(23)11-10-16-7-6-14-21(15-16)19(24)20(12-4-5-13-20)25-17-8-2-1-3-9-17/h1-3,8-9,16H,4-7,10-15H2,(H,22,23). The quantitative estimate of drug-likeness (QED) is 0.825. The van der Waals surface area contributed by atoms with Gasteiger partial charge < -0.3 is 10.0 Å². The number of aliphatic carboxylic acids is 1. The zero-order valence-electron chi connectivity index (χ0n) is 14.7. The molecule has 136 valence electrons. The number of likely N-dealkylation sites (tertiary alicyclic amines) is 1. The van der Waals surface area contributed by atoms with Gasteiger partial charge in [0, 0.05) is 24.4 Å². The van der Waals surface area contributed by atoms with Crippen molar-refractivity contribution < 1.29 is 14.7 Å². The van der Waals surface area contributed by atoms with Crippen molar-refractivity contribution in [1.82, 2.24) is 4.90 Å². The summed E-state index contributed by atoms with van der Waals surface area (Å²) in [6, 6.07) is 10.2. The normalized spacial score (nSPS) is 22.7. The molecule has 1 unspecified atom stereocenters. The molecule has 3 rings (SSSR count). The average molecular weight is 362 g/mol. The van der Waals surface area contributed by atoms with Gasteiger partial charge in [0.25, 0.3) is 0 Å². The monoisotopic (exact) mass is 361 g/mol. The molecule has 1 aromatic carbocycles. The molecule has 1 amide bonds. The molecule has 1 heterocycles. The molecule has 2 aliphatic rings. The fourth-order valence-corrected chi connectivity index (χ4v) is 5.57. The molecule has 1 N–H and O–H groups in total. The highest BCUT2D eigenvalue weighted by atomic mass is 32.2. The summed E-state index contributed by atoms with van der Waals surface area (Å²) in [7, 11) is 0. The van der Waals surface area contributed by atoms with E-state index in [1.165, 1.54) is 0 Å². The third-order valence-corrected chi connectivity index (χ3v) is 6.91. The van der Waals surface area contributed by atoms with Gasteiger partial charge in [-0.25, -0.2) is 0 Å². The number of benzene rings is 1. The highest BCUT2D eigenvalue weighted by Gasteiger charge is 2.45. The Labute approximate surface area is 154 Å². The molecule has 4 nitrogen and oxygen atoms in total. The Balaban J connectivity index is 1.68. The van der Waals surface area contributed by atoms with E-state index in [4.69, 9.17) is 5.11 Å². The maximum atomic E-state index is 13.4. The van der Waals surface area contributed by atoms with Crippen LogP contribution in [0.2, 0.25) is 0 Å². The Hall–Kier alpha value is -1.49. The van der Waals surface area contributed by atoms with E-state index in [2.05, 4.69) is 12.1 Å². The summed E-state index contributed by atoms with van der Waals surface area (Å²) in [5.74, 6) is -0.136. The molecule has 5 heteroatoms. The highest BCUT2D eigenvalue weighted by Crippen LogP contribution is 2.47.